The Balaban J connectivity index is 1.82. The molecule has 0 aliphatic heterocycles. The summed E-state index contributed by atoms with van der Waals surface area (Å²) in [5.74, 6) is 0.690. The van der Waals surface area contributed by atoms with Crippen molar-refractivity contribution in [2.24, 2.45) is 0 Å². The topological polar surface area (TPSA) is 76.8 Å². The van der Waals surface area contributed by atoms with Crippen LogP contribution in [-0.4, -0.2) is 25.5 Å². The van der Waals surface area contributed by atoms with Crippen LogP contribution >= 0.6 is 0 Å². The second-order valence-corrected chi connectivity index (χ2v) is 8.65. The smallest absolute Gasteiger partial charge is 0.306 e. The summed E-state index contributed by atoms with van der Waals surface area (Å²) >= 11 is 0. The van der Waals surface area contributed by atoms with E-state index in [4.69, 9.17) is 8.60 Å². The Kier molecular flexibility index (Phi) is 6.95. The molecule has 0 bridgehead atoms. The van der Waals surface area contributed by atoms with Crippen LogP contribution in [0.15, 0.2) is 77.4 Å². The fourth-order valence-electron chi connectivity index (χ4n) is 3.31. The van der Waals surface area contributed by atoms with E-state index < -0.39 is 10.1 Å². The first-order valence-corrected chi connectivity index (χ1v) is 11.5. The standard InChI is InChI=1S/C23H25NO5S/c1-3-22(19-8-5-4-6-9-19)23(25)24(17-21-10-7-15-28-21)16-18-11-13-20(14-12-18)29-30(2,26)27/h4-15,22H,3,16-17H2,1-2H3. The average molecular weight is 428 g/mol. The Morgan fingerprint density at radius 3 is 2.27 bits per heavy atom. The van der Waals surface area contributed by atoms with Gasteiger partial charge in [0.15, 0.2) is 0 Å². The molecule has 1 unspecified atom stereocenters. The Labute approximate surface area is 177 Å². The molecule has 30 heavy (non-hydrogen) atoms. The summed E-state index contributed by atoms with van der Waals surface area (Å²) in [4.78, 5) is 15.2. The summed E-state index contributed by atoms with van der Waals surface area (Å²) in [6, 6.07) is 20.0. The van der Waals surface area contributed by atoms with Gasteiger partial charge in [0, 0.05) is 6.54 Å². The van der Waals surface area contributed by atoms with Gasteiger partial charge in [0.25, 0.3) is 0 Å². The summed E-state index contributed by atoms with van der Waals surface area (Å²) in [5, 5.41) is 0. The third-order valence-electron chi connectivity index (χ3n) is 4.69. The van der Waals surface area contributed by atoms with Gasteiger partial charge in [-0.3, -0.25) is 4.79 Å². The van der Waals surface area contributed by atoms with E-state index in [1.54, 1.807) is 41.5 Å². The van der Waals surface area contributed by atoms with Crippen LogP contribution in [0.4, 0.5) is 0 Å². The van der Waals surface area contributed by atoms with Gasteiger partial charge in [-0.25, -0.2) is 0 Å². The van der Waals surface area contributed by atoms with E-state index in [0.717, 1.165) is 17.4 Å². The van der Waals surface area contributed by atoms with Crippen molar-refractivity contribution in [3.05, 3.63) is 89.9 Å². The third kappa shape index (κ3) is 5.97. The number of amides is 1. The Morgan fingerprint density at radius 2 is 1.70 bits per heavy atom. The highest BCUT2D eigenvalue weighted by molar-refractivity contribution is 7.86. The van der Waals surface area contributed by atoms with Gasteiger partial charge in [0.2, 0.25) is 5.91 Å². The molecule has 3 aromatic rings. The molecule has 1 atom stereocenters. The SMILES string of the molecule is CCC(C(=O)N(Cc1ccc(OS(C)(=O)=O)cc1)Cc1ccco1)c1ccccc1. The van der Waals surface area contributed by atoms with Gasteiger partial charge < -0.3 is 13.5 Å². The third-order valence-corrected chi connectivity index (χ3v) is 5.19. The minimum Gasteiger partial charge on any atom is -0.467 e. The highest BCUT2D eigenvalue weighted by Gasteiger charge is 2.25. The van der Waals surface area contributed by atoms with Crippen molar-refractivity contribution in [2.45, 2.75) is 32.4 Å². The number of hydrogen-bond donors (Lipinski definition) is 0. The zero-order chi connectivity index (χ0) is 21.6. The van der Waals surface area contributed by atoms with Crippen molar-refractivity contribution >= 4 is 16.0 Å². The average Bonchev–Trinajstić information content (AvgIpc) is 3.22. The van der Waals surface area contributed by atoms with E-state index in [1.165, 1.54) is 0 Å². The van der Waals surface area contributed by atoms with Gasteiger partial charge in [0.05, 0.1) is 25.0 Å². The van der Waals surface area contributed by atoms with Crippen LogP contribution in [0.1, 0.15) is 36.1 Å². The number of carbonyl (C=O) groups excluding carboxylic acids is 1. The molecule has 0 saturated carbocycles. The van der Waals surface area contributed by atoms with Crippen LogP contribution in [0, 0.1) is 0 Å². The fourth-order valence-corrected chi connectivity index (χ4v) is 3.77. The molecule has 0 aliphatic carbocycles. The zero-order valence-electron chi connectivity index (χ0n) is 17.0. The van der Waals surface area contributed by atoms with Gasteiger partial charge >= 0.3 is 10.1 Å². The molecular formula is C23H25NO5S. The maximum absolute atomic E-state index is 13.4. The summed E-state index contributed by atoms with van der Waals surface area (Å²) in [6.45, 7) is 2.71. The molecule has 2 aromatic carbocycles. The lowest BCUT2D eigenvalue weighted by Gasteiger charge is -2.27. The molecule has 0 saturated heterocycles. The Bertz CT molecular complexity index is 1040. The lowest BCUT2D eigenvalue weighted by Crippen LogP contribution is -2.34. The lowest BCUT2D eigenvalue weighted by molar-refractivity contribution is -0.134. The van der Waals surface area contributed by atoms with Gasteiger partial charge in [-0.1, -0.05) is 49.4 Å². The lowest BCUT2D eigenvalue weighted by atomic mass is 9.94. The summed E-state index contributed by atoms with van der Waals surface area (Å²) in [5.41, 5.74) is 1.84. The van der Waals surface area contributed by atoms with Crippen LogP contribution in [0.2, 0.25) is 0 Å². The fraction of sp³-hybridized carbons (Fsp3) is 0.261. The minimum atomic E-state index is -3.58. The van der Waals surface area contributed by atoms with Crippen molar-refractivity contribution in [1.29, 1.82) is 0 Å². The van der Waals surface area contributed by atoms with E-state index in [9.17, 15) is 13.2 Å². The van der Waals surface area contributed by atoms with Crippen LogP contribution < -0.4 is 4.18 Å². The second kappa shape index (κ2) is 9.63. The molecule has 0 N–H and O–H groups in total. The molecule has 1 aromatic heterocycles. The number of carbonyl (C=O) groups is 1. The molecule has 3 rings (SSSR count). The van der Waals surface area contributed by atoms with Crippen molar-refractivity contribution in [3.8, 4) is 5.75 Å². The maximum Gasteiger partial charge on any atom is 0.306 e. The monoisotopic (exact) mass is 427 g/mol. The quantitative estimate of drug-likeness (QED) is 0.475. The normalized spacial score (nSPS) is 12.3. The maximum atomic E-state index is 13.4. The van der Waals surface area contributed by atoms with Gasteiger partial charge in [-0.2, -0.15) is 8.42 Å². The van der Waals surface area contributed by atoms with Gasteiger partial charge in [-0.05, 0) is 41.8 Å². The number of benzene rings is 2. The van der Waals surface area contributed by atoms with E-state index in [2.05, 4.69) is 0 Å². The Hall–Kier alpha value is -3.06. The van der Waals surface area contributed by atoms with Gasteiger partial charge in [-0.15, -0.1) is 0 Å². The minimum absolute atomic E-state index is 0.0107. The van der Waals surface area contributed by atoms with Crippen molar-refractivity contribution in [1.82, 2.24) is 4.90 Å². The highest BCUT2D eigenvalue weighted by atomic mass is 32.2. The van der Waals surface area contributed by atoms with Crippen LogP contribution in [0.3, 0.4) is 0 Å². The molecular weight excluding hydrogens is 402 g/mol. The number of furan rings is 1. The summed E-state index contributed by atoms with van der Waals surface area (Å²) in [6.07, 6.45) is 3.27. The molecule has 7 heteroatoms. The molecule has 158 valence electrons. The van der Waals surface area contributed by atoms with Crippen molar-refractivity contribution in [2.75, 3.05) is 6.26 Å². The molecule has 0 aliphatic rings. The van der Waals surface area contributed by atoms with Crippen LogP contribution in [0.5, 0.6) is 5.75 Å². The molecule has 1 heterocycles. The van der Waals surface area contributed by atoms with Crippen molar-refractivity contribution in [3.63, 3.8) is 0 Å². The summed E-state index contributed by atoms with van der Waals surface area (Å²) < 4.78 is 32.9. The molecule has 0 fully saturated rings. The van der Waals surface area contributed by atoms with Crippen molar-refractivity contribution < 1.29 is 21.8 Å². The first kappa shape index (κ1) is 21.6. The van der Waals surface area contributed by atoms with E-state index >= 15 is 0 Å². The number of nitrogens with zero attached hydrogens (tertiary/aromatic N) is 1. The predicted octanol–water partition coefficient (Wildman–Crippen LogP) is 4.34. The van der Waals surface area contributed by atoms with E-state index in [-0.39, 0.29) is 17.6 Å². The Morgan fingerprint density at radius 1 is 1.00 bits per heavy atom. The van der Waals surface area contributed by atoms with Crippen LogP contribution in [0.25, 0.3) is 0 Å². The second-order valence-electron chi connectivity index (χ2n) is 7.08. The summed E-state index contributed by atoms with van der Waals surface area (Å²) in [7, 11) is -3.58. The van der Waals surface area contributed by atoms with E-state index in [1.807, 2.05) is 43.3 Å². The van der Waals surface area contributed by atoms with Gasteiger partial charge in [0.1, 0.15) is 11.5 Å². The number of hydrogen-bond acceptors (Lipinski definition) is 5. The van der Waals surface area contributed by atoms with E-state index in [0.29, 0.717) is 25.3 Å². The zero-order valence-corrected chi connectivity index (χ0v) is 17.8. The number of rotatable bonds is 9. The highest BCUT2D eigenvalue weighted by Crippen LogP contribution is 2.25. The molecule has 6 nitrogen and oxygen atoms in total. The molecule has 0 spiro atoms. The predicted molar refractivity (Wildman–Crippen MR) is 114 cm³/mol. The first-order chi connectivity index (χ1) is 14.4. The first-order valence-electron chi connectivity index (χ1n) is 9.70. The molecule has 0 radical (unpaired) electrons. The molecule has 1 amide bonds. The largest absolute Gasteiger partial charge is 0.467 e. The van der Waals surface area contributed by atoms with Crippen LogP contribution in [-0.2, 0) is 28.0 Å².